The van der Waals surface area contributed by atoms with Gasteiger partial charge in [-0.2, -0.15) is 0 Å². The molecule has 1 aromatic rings. The largest absolute Gasteiger partial charge is 0.393 e. The zero-order valence-electron chi connectivity index (χ0n) is 13.7. The Labute approximate surface area is 133 Å². The second-order valence-corrected chi connectivity index (χ2v) is 6.43. The molecule has 0 bridgehead atoms. The van der Waals surface area contributed by atoms with Gasteiger partial charge >= 0.3 is 0 Å². The zero-order valence-corrected chi connectivity index (χ0v) is 13.7. The molecule has 22 heavy (non-hydrogen) atoms. The van der Waals surface area contributed by atoms with Gasteiger partial charge in [0.05, 0.1) is 12.1 Å². The molecule has 2 rings (SSSR count). The number of aliphatic hydroxyl groups is 1. The second-order valence-electron chi connectivity index (χ2n) is 6.43. The molecule has 3 atom stereocenters. The molecule has 3 unspecified atom stereocenters. The molecule has 1 fully saturated rings. The number of benzene rings is 1. The van der Waals surface area contributed by atoms with E-state index in [-0.39, 0.29) is 18.1 Å². The van der Waals surface area contributed by atoms with Crippen molar-refractivity contribution in [3.63, 3.8) is 0 Å². The average Bonchev–Trinajstić information content (AvgIpc) is 2.55. The molecule has 1 saturated carbocycles. The van der Waals surface area contributed by atoms with Crippen LogP contribution in [0.4, 0.5) is 0 Å². The Morgan fingerprint density at radius 1 is 1.32 bits per heavy atom. The summed E-state index contributed by atoms with van der Waals surface area (Å²) in [5.41, 5.74) is 1.11. The minimum atomic E-state index is -0.212. The lowest BCUT2D eigenvalue weighted by atomic mass is 9.86. The van der Waals surface area contributed by atoms with Crippen LogP contribution in [0.25, 0.3) is 0 Å². The Morgan fingerprint density at radius 3 is 2.68 bits per heavy atom. The van der Waals surface area contributed by atoms with Crippen LogP contribution >= 0.6 is 0 Å². The van der Waals surface area contributed by atoms with Crippen LogP contribution in [0.3, 0.4) is 0 Å². The number of aliphatic hydroxyl groups excluding tert-OH is 1. The van der Waals surface area contributed by atoms with Gasteiger partial charge in [-0.25, -0.2) is 0 Å². The molecule has 1 aromatic carbocycles. The average molecular weight is 304 g/mol. The summed E-state index contributed by atoms with van der Waals surface area (Å²) in [7, 11) is 1.97. The lowest BCUT2D eigenvalue weighted by Gasteiger charge is -2.33. The first-order valence-corrected chi connectivity index (χ1v) is 8.28. The van der Waals surface area contributed by atoms with Gasteiger partial charge in [0.15, 0.2) is 0 Å². The smallest absolute Gasteiger partial charge is 0.237 e. The molecule has 0 saturated heterocycles. The van der Waals surface area contributed by atoms with Crippen molar-refractivity contribution in [1.29, 1.82) is 0 Å². The van der Waals surface area contributed by atoms with E-state index in [4.69, 9.17) is 0 Å². The van der Waals surface area contributed by atoms with Crippen LogP contribution in [0.5, 0.6) is 0 Å². The molecule has 0 spiro atoms. The fourth-order valence-electron chi connectivity index (χ4n) is 3.06. The monoisotopic (exact) mass is 304 g/mol. The number of carbonyl (C=O) groups excluding carboxylic acids is 1. The van der Waals surface area contributed by atoms with E-state index in [1.807, 2.05) is 44.3 Å². The molecule has 4 heteroatoms. The number of hydrogen-bond donors (Lipinski definition) is 2. The highest BCUT2D eigenvalue weighted by atomic mass is 16.3. The maximum atomic E-state index is 12.3. The van der Waals surface area contributed by atoms with Crippen molar-refractivity contribution in [2.24, 2.45) is 5.92 Å². The van der Waals surface area contributed by atoms with E-state index in [0.717, 1.165) is 31.4 Å². The molecular formula is C18H28N2O2. The van der Waals surface area contributed by atoms with Gasteiger partial charge in [-0.3, -0.25) is 9.69 Å². The summed E-state index contributed by atoms with van der Waals surface area (Å²) >= 11 is 0. The summed E-state index contributed by atoms with van der Waals surface area (Å²) in [6.45, 7) is 3.26. The van der Waals surface area contributed by atoms with Gasteiger partial charge in [-0.1, -0.05) is 43.2 Å². The van der Waals surface area contributed by atoms with Crippen LogP contribution in [0.2, 0.25) is 0 Å². The van der Waals surface area contributed by atoms with Crippen molar-refractivity contribution in [2.75, 3.05) is 13.6 Å². The van der Waals surface area contributed by atoms with Crippen molar-refractivity contribution >= 4 is 5.91 Å². The maximum absolute atomic E-state index is 12.3. The normalized spacial score (nSPS) is 23.3. The highest BCUT2D eigenvalue weighted by Gasteiger charge is 2.27. The van der Waals surface area contributed by atoms with Crippen molar-refractivity contribution in [3.05, 3.63) is 35.9 Å². The predicted molar refractivity (Wildman–Crippen MR) is 88.3 cm³/mol. The Bertz CT molecular complexity index is 463. The molecule has 1 aliphatic rings. The summed E-state index contributed by atoms with van der Waals surface area (Å²) in [6, 6.07) is 9.75. The number of amides is 1. The number of hydrogen-bond acceptors (Lipinski definition) is 3. The van der Waals surface area contributed by atoms with Crippen LogP contribution in [-0.4, -0.2) is 41.7 Å². The first kappa shape index (κ1) is 17.0. The summed E-state index contributed by atoms with van der Waals surface area (Å²) in [5, 5.41) is 13.0. The Balaban J connectivity index is 1.79. The highest BCUT2D eigenvalue weighted by Crippen LogP contribution is 2.25. The second kappa shape index (κ2) is 8.30. The third-order valence-electron chi connectivity index (χ3n) is 4.74. The van der Waals surface area contributed by atoms with Crippen LogP contribution in [0.15, 0.2) is 30.3 Å². The van der Waals surface area contributed by atoms with Crippen molar-refractivity contribution in [1.82, 2.24) is 10.2 Å². The zero-order chi connectivity index (χ0) is 15.9. The molecule has 2 N–H and O–H groups in total. The minimum absolute atomic E-state index is 0.0386. The SMILES string of the molecule is CC(C(=O)NCc1ccccc1)N(C)CC1CCCCC1O. The van der Waals surface area contributed by atoms with Gasteiger partial charge < -0.3 is 10.4 Å². The van der Waals surface area contributed by atoms with Crippen molar-refractivity contribution in [3.8, 4) is 0 Å². The van der Waals surface area contributed by atoms with Crippen LogP contribution in [0, 0.1) is 5.92 Å². The van der Waals surface area contributed by atoms with Gasteiger partial charge in [0.2, 0.25) is 5.91 Å². The number of nitrogens with one attached hydrogen (secondary N) is 1. The van der Waals surface area contributed by atoms with Crippen LogP contribution in [0.1, 0.15) is 38.2 Å². The van der Waals surface area contributed by atoms with Crippen LogP contribution < -0.4 is 5.32 Å². The maximum Gasteiger partial charge on any atom is 0.237 e. The summed E-state index contributed by atoms with van der Waals surface area (Å²) < 4.78 is 0. The first-order valence-electron chi connectivity index (χ1n) is 8.28. The molecule has 0 aliphatic heterocycles. The predicted octanol–water partition coefficient (Wildman–Crippen LogP) is 2.17. The molecular weight excluding hydrogens is 276 g/mol. The number of nitrogens with zero attached hydrogens (tertiary/aromatic N) is 1. The van der Waals surface area contributed by atoms with E-state index in [1.165, 1.54) is 6.42 Å². The van der Waals surface area contributed by atoms with Crippen molar-refractivity contribution in [2.45, 2.75) is 51.3 Å². The van der Waals surface area contributed by atoms with E-state index in [0.29, 0.717) is 12.5 Å². The van der Waals surface area contributed by atoms with E-state index in [9.17, 15) is 9.90 Å². The third-order valence-corrected chi connectivity index (χ3v) is 4.74. The van der Waals surface area contributed by atoms with Crippen LogP contribution in [-0.2, 0) is 11.3 Å². The Hall–Kier alpha value is -1.39. The van der Waals surface area contributed by atoms with E-state index < -0.39 is 0 Å². The summed E-state index contributed by atoms with van der Waals surface area (Å²) in [5.74, 6) is 0.333. The topological polar surface area (TPSA) is 52.6 Å². The standard InChI is InChI=1S/C18H28N2O2/c1-14(18(22)19-12-15-8-4-3-5-9-15)20(2)13-16-10-6-7-11-17(16)21/h3-5,8-9,14,16-17,21H,6-7,10-13H2,1-2H3,(H,19,22). The molecule has 0 radical (unpaired) electrons. The number of rotatable bonds is 6. The van der Waals surface area contributed by atoms with Gasteiger partial charge in [0, 0.05) is 13.1 Å². The molecule has 4 nitrogen and oxygen atoms in total. The van der Waals surface area contributed by atoms with Crippen molar-refractivity contribution < 1.29 is 9.90 Å². The molecule has 122 valence electrons. The lowest BCUT2D eigenvalue weighted by Crippen LogP contribution is -2.46. The molecule has 1 amide bonds. The quantitative estimate of drug-likeness (QED) is 0.847. The minimum Gasteiger partial charge on any atom is -0.393 e. The number of carbonyl (C=O) groups is 1. The van der Waals surface area contributed by atoms with E-state index >= 15 is 0 Å². The van der Waals surface area contributed by atoms with Gasteiger partial charge in [-0.15, -0.1) is 0 Å². The Kier molecular flexibility index (Phi) is 6.40. The van der Waals surface area contributed by atoms with Gasteiger partial charge in [0.1, 0.15) is 0 Å². The summed E-state index contributed by atoms with van der Waals surface area (Å²) in [6.07, 6.45) is 4.05. The molecule has 1 aliphatic carbocycles. The lowest BCUT2D eigenvalue weighted by molar-refractivity contribution is -0.126. The number of likely N-dealkylation sites (N-methyl/N-ethyl adjacent to an activating group) is 1. The first-order chi connectivity index (χ1) is 10.6. The fraction of sp³-hybridized carbons (Fsp3) is 0.611. The van der Waals surface area contributed by atoms with E-state index in [2.05, 4.69) is 10.2 Å². The Morgan fingerprint density at radius 2 is 2.00 bits per heavy atom. The fourth-order valence-corrected chi connectivity index (χ4v) is 3.06. The molecule has 0 aromatic heterocycles. The van der Waals surface area contributed by atoms with Gasteiger partial charge in [0.25, 0.3) is 0 Å². The van der Waals surface area contributed by atoms with E-state index in [1.54, 1.807) is 0 Å². The highest BCUT2D eigenvalue weighted by molar-refractivity contribution is 5.81. The summed E-state index contributed by atoms with van der Waals surface area (Å²) in [4.78, 5) is 14.3. The van der Waals surface area contributed by atoms with Gasteiger partial charge in [-0.05, 0) is 38.3 Å². The molecule has 0 heterocycles. The third kappa shape index (κ3) is 4.82.